The highest BCUT2D eigenvalue weighted by Crippen LogP contribution is 2.35. The van der Waals surface area contributed by atoms with Gasteiger partial charge in [0.15, 0.2) is 0 Å². The fourth-order valence-corrected chi connectivity index (χ4v) is 3.94. The number of amides is 2. The molecule has 1 aliphatic rings. The topological polar surface area (TPSA) is 122 Å². The summed E-state index contributed by atoms with van der Waals surface area (Å²) in [5.41, 5.74) is 7.22. The van der Waals surface area contributed by atoms with Gasteiger partial charge in [0.1, 0.15) is 5.00 Å². The Morgan fingerprint density at radius 3 is 2.41 bits per heavy atom. The molecular weight excluding hydrogens is 435 g/mol. The van der Waals surface area contributed by atoms with Gasteiger partial charge >= 0.3 is 12.1 Å². The van der Waals surface area contributed by atoms with E-state index in [0.29, 0.717) is 27.7 Å². The maximum absolute atomic E-state index is 12.4. The number of anilines is 1. The molecule has 2 amide bonds. The number of carbonyl (C=O) groups is 3. The summed E-state index contributed by atoms with van der Waals surface area (Å²) >= 11 is 7.41. The van der Waals surface area contributed by atoms with Crippen molar-refractivity contribution in [2.75, 3.05) is 11.9 Å². The second-order valence-electron chi connectivity index (χ2n) is 5.74. The van der Waals surface area contributed by atoms with E-state index in [1.54, 1.807) is 24.3 Å². The quantitative estimate of drug-likeness (QED) is 0.574. The predicted octanol–water partition coefficient (Wildman–Crippen LogP) is 3.03. The van der Waals surface area contributed by atoms with Crippen LogP contribution in [0.4, 0.5) is 18.2 Å². The summed E-state index contributed by atoms with van der Waals surface area (Å²) in [6.45, 7) is 1.48. The highest BCUT2D eigenvalue weighted by molar-refractivity contribution is 7.17. The molecule has 1 aliphatic heterocycles. The zero-order valence-corrected chi connectivity index (χ0v) is 16.2. The van der Waals surface area contributed by atoms with Crippen LogP contribution in [0, 0.1) is 0 Å². The lowest BCUT2D eigenvalue weighted by molar-refractivity contribution is -0.192. The van der Waals surface area contributed by atoms with Crippen LogP contribution in [0.3, 0.4) is 0 Å². The van der Waals surface area contributed by atoms with Gasteiger partial charge in [0.2, 0.25) is 0 Å². The van der Waals surface area contributed by atoms with Crippen LogP contribution in [-0.4, -0.2) is 35.6 Å². The van der Waals surface area contributed by atoms with Crippen molar-refractivity contribution in [3.63, 3.8) is 0 Å². The largest absolute Gasteiger partial charge is 0.490 e. The molecule has 0 bridgehead atoms. The highest BCUT2D eigenvalue weighted by atomic mass is 35.5. The highest BCUT2D eigenvalue weighted by Gasteiger charge is 2.38. The SMILES string of the molecule is NC(=O)c1c(NC(=O)c2ccccc2Cl)sc2c1CCNC2.O=C(O)C(F)(F)F. The van der Waals surface area contributed by atoms with Gasteiger partial charge in [-0.1, -0.05) is 23.7 Å². The molecule has 0 fully saturated rings. The van der Waals surface area contributed by atoms with E-state index in [2.05, 4.69) is 10.6 Å². The number of nitrogens with two attached hydrogens (primary N) is 1. The smallest absolute Gasteiger partial charge is 0.475 e. The first-order chi connectivity index (χ1) is 13.5. The summed E-state index contributed by atoms with van der Waals surface area (Å²) < 4.78 is 31.7. The molecule has 3 rings (SSSR count). The maximum atomic E-state index is 12.4. The number of halogens is 4. The number of primary amides is 1. The third-order valence-corrected chi connectivity index (χ3v) is 5.24. The molecule has 29 heavy (non-hydrogen) atoms. The third kappa shape index (κ3) is 5.68. The molecule has 1 aromatic carbocycles. The van der Waals surface area contributed by atoms with E-state index in [-0.39, 0.29) is 5.91 Å². The van der Waals surface area contributed by atoms with Crippen molar-refractivity contribution in [2.24, 2.45) is 5.73 Å². The Kier molecular flexibility index (Phi) is 7.22. The van der Waals surface area contributed by atoms with Crippen molar-refractivity contribution in [3.8, 4) is 0 Å². The van der Waals surface area contributed by atoms with Gasteiger partial charge in [-0.05, 0) is 30.7 Å². The number of fused-ring (bicyclic) bond motifs is 1. The van der Waals surface area contributed by atoms with Gasteiger partial charge in [-0.25, -0.2) is 4.79 Å². The third-order valence-electron chi connectivity index (χ3n) is 3.76. The van der Waals surface area contributed by atoms with E-state index < -0.39 is 18.1 Å². The second kappa shape index (κ2) is 9.25. The molecule has 0 atom stereocenters. The van der Waals surface area contributed by atoms with Crippen LogP contribution in [0.5, 0.6) is 0 Å². The van der Waals surface area contributed by atoms with E-state index in [9.17, 15) is 22.8 Å². The van der Waals surface area contributed by atoms with Crippen molar-refractivity contribution in [1.29, 1.82) is 0 Å². The number of aliphatic carboxylic acids is 1. The van der Waals surface area contributed by atoms with Crippen molar-refractivity contribution in [3.05, 3.63) is 50.9 Å². The second-order valence-corrected chi connectivity index (χ2v) is 7.25. The van der Waals surface area contributed by atoms with Crippen molar-refractivity contribution < 1.29 is 32.7 Å². The molecule has 2 aromatic rings. The van der Waals surface area contributed by atoms with Gasteiger partial charge in [0.05, 0.1) is 16.1 Å². The molecule has 5 N–H and O–H groups in total. The van der Waals surface area contributed by atoms with Crippen LogP contribution in [0.2, 0.25) is 5.02 Å². The van der Waals surface area contributed by atoms with Gasteiger partial charge in [0.25, 0.3) is 11.8 Å². The Hall–Kier alpha value is -2.63. The summed E-state index contributed by atoms with van der Waals surface area (Å²) in [5.74, 6) is -3.62. The predicted molar refractivity (Wildman–Crippen MR) is 101 cm³/mol. The fraction of sp³-hybridized carbons (Fsp3) is 0.235. The summed E-state index contributed by atoms with van der Waals surface area (Å²) in [5, 5.41) is 14.0. The first kappa shape index (κ1) is 22.7. The average molecular weight is 450 g/mol. The standard InChI is InChI=1S/C15H14ClN3O2S.C2HF3O2/c16-10-4-2-1-3-8(10)14(21)19-15-12(13(17)20)9-5-6-18-7-11(9)22-15;3-2(4,5)1(6)7/h1-4,18H,5-7H2,(H2,17,20)(H,19,21);(H,6,7). The Labute approximate surface area is 171 Å². The summed E-state index contributed by atoms with van der Waals surface area (Å²) in [7, 11) is 0. The molecule has 0 unspecified atom stereocenters. The Morgan fingerprint density at radius 2 is 1.86 bits per heavy atom. The lowest BCUT2D eigenvalue weighted by Crippen LogP contribution is -2.24. The van der Waals surface area contributed by atoms with Crippen LogP contribution >= 0.6 is 22.9 Å². The number of alkyl halides is 3. The number of hydrogen-bond donors (Lipinski definition) is 4. The normalized spacial score (nSPS) is 13.0. The summed E-state index contributed by atoms with van der Waals surface area (Å²) in [6.07, 6.45) is -4.36. The van der Waals surface area contributed by atoms with E-state index in [4.69, 9.17) is 27.2 Å². The van der Waals surface area contributed by atoms with Crippen molar-refractivity contribution in [1.82, 2.24) is 5.32 Å². The molecule has 2 heterocycles. The van der Waals surface area contributed by atoms with Crippen molar-refractivity contribution >= 4 is 45.7 Å². The van der Waals surface area contributed by atoms with E-state index in [0.717, 1.165) is 23.4 Å². The van der Waals surface area contributed by atoms with Gasteiger partial charge < -0.3 is 21.5 Å². The minimum absolute atomic E-state index is 0.348. The molecule has 0 saturated heterocycles. The maximum Gasteiger partial charge on any atom is 0.490 e. The molecule has 0 radical (unpaired) electrons. The van der Waals surface area contributed by atoms with E-state index in [1.165, 1.54) is 11.3 Å². The minimum Gasteiger partial charge on any atom is -0.475 e. The van der Waals surface area contributed by atoms with Crippen LogP contribution in [-0.2, 0) is 17.8 Å². The first-order valence-electron chi connectivity index (χ1n) is 8.03. The molecule has 0 spiro atoms. The Balaban J connectivity index is 0.000000370. The lowest BCUT2D eigenvalue weighted by atomic mass is 10.0. The number of hydrogen-bond acceptors (Lipinski definition) is 5. The number of carboxylic acids is 1. The minimum atomic E-state index is -5.08. The molecule has 12 heteroatoms. The molecule has 0 saturated carbocycles. The average Bonchev–Trinajstić information content (AvgIpc) is 2.99. The number of carbonyl (C=O) groups excluding carboxylic acids is 2. The summed E-state index contributed by atoms with van der Waals surface area (Å²) in [4.78, 5) is 34.1. The fourth-order valence-electron chi connectivity index (χ4n) is 2.50. The molecule has 1 aromatic heterocycles. The number of rotatable bonds is 3. The number of thiophene rings is 1. The first-order valence-corrected chi connectivity index (χ1v) is 9.22. The zero-order valence-electron chi connectivity index (χ0n) is 14.6. The number of carboxylic acid groups (broad SMARTS) is 1. The zero-order chi connectivity index (χ0) is 21.8. The van der Waals surface area contributed by atoms with Crippen molar-refractivity contribution in [2.45, 2.75) is 19.1 Å². The van der Waals surface area contributed by atoms with Gasteiger partial charge in [-0.15, -0.1) is 11.3 Å². The monoisotopic (exact) mass is 449 g/mol. The summed E-state index contributed by atoms with van der Waals surface area (Å²) in [6, 6.07) is 6.77. The number of benzene rings is 1. The van der Waals surface area contributed by atoms with Gasteiger partial charge in [-0.2, -0.15) is 13.2 Å². The molecule has 0 aliphatic carbocycles. The lowest BCUT2D eigenvalue weighted by Gasteiger charge is -2.12. The van der Waals surface area contributed by atoms with E-state index in [1.807, 2.05) is 0 Å². The molecular formula is C17H15ClF3N3O4S. The number of nitrogens with one attached hydrogen (secondary N) is 2. The van der Waals surface area contributed by atoms with Crippen LogP contribution in [0.15, 0.2) is 24.3 Å². The Bertz CT molecular complexity index is 946. The van der Waals surface area contributed by atoms with Gasteiger partial charge in [0, 0.05) is 11.4 Å². The van der Waals surface area contributed by atoms with Gasteiger partial charge in [-0.3, -0.25) is 9.59 Å². The van der Waals surface area contributed by atoms with Crippen LogP contribution < -0.4 is 16.4 Å². The van der Waals surface area contributed by atoms with Crippen LogP contribution in [0.1, 0.15) is 31.2 Å². The molecule has 7 nitrogen and oxygen atoms in total. The Morgan fingerprint density at radius 1 is 1.24 bits per heavy atom. The molecule has 156 valence electrons. The van der Waals surface area contributed by atoms with Crippen LogP contribution in [0.25, 0.3) is 0 Å². The van der Waals surface area contributed by atoms with E-state index >= 15 is 0 Å².